The number of hydrogen-bond donors (Lipinski definition) is 1. The van der Waals surface area contributed by atoms with Crippen molar-refractivity contribution in [1.82, 2.24) is 4.98 Å². The highest BCUT2D eigenvalue weighted by atomic mass is 19.2. The smallest absolute Gasteiger partial charge is 0.287 e. The second-order valence-electron chi connectivity index (χ2n) is 3.76. The van der Waals surface area contributed by atoms with E-state index in [-0.39, 0.29) is 12.2 Å². The molecule has 7 heteroatoms. The van der Waals surface area contributed by atoms with Gasteiger partial charge in [0.25, 0.3) is 5.69 Å². The lowest BCUT2D eigenvalue weighted by atomic mass is 10.2. The van der Waals surface area contributed by atoms with E-state index in [1.54, 1.807) is 0 Å². The van der Waals surface area contributed by atoms with Crippen LogP contribution in [0.1, 0.15) is 5.56 Å². The van der Waals surface area contributed by atoms with Crippen molar-refractivity contribution in [2.75, 3.05) is 5.32 Å². The Bertz CT molecular complexity index is 602. The third-order valence-corrected chi connectivity index (χ3v) is 2.42. The molecule has 0 radical (unpaired) electrons. The van der Waals surface area contributed by atoms with Gasteiger partial charge in [-0.1, -0.05) is 6.07 Å². The van der Waals surface area contributed by atoms with E-state index < -0.39 is 16.6 Å². The van der Waals surface area contributed by atoms with Gasteiger partial charge in [-0.15, -0.1) is 0 Å². The number of aromatic nitrogens is 1. The quantitative estimate of drug-likeness (QED) is 0.681. The van der Waals surface area contributed by atoms with Crippen molar-refractivity contribution in [2.24, 2.45) is 0 Å². The zero-order chi connectivity index (χ0) is 13.8. The second kappa shape index (κ2) is 5.38. The highest BCUT2D eigenvalue weighted by Gasteiger charge is 2.06. The maximum absolute atomic E-state index is 13.0. The summed E-state index contributed by atoms with van der Waals surface area (Å²) in [5.41, 5.74) is 0.428. The minimum atomic E-state index is -0.920. The van der Waals surface area contributed by atoms with Crippen LogP contribution in [0.5, 0.6) is 0 Å². The molecule has 0 bridgehead atoms. The van der Waals surface area contributed by atoms with Crippen molar-refractivity contribution in [2.45, 2.75) is 6.54 Å². The molecule has 1 aromatic heterocycles. The largest absolute Gasteiger partial charge is 0.366 e. The van der Waals surface area contributed by atoms with Gasteiger partial charge in [0.1, 0.15) is 12.0 Å². The van der Waals surface area contributed by atoms with Crippen molar-refractivity contribution < 1.29 is 13.7 Å². The molecule has 0 aliphatic rings. The van der Waals surface area contributed by atoms with Crippen LogP contribution < -0.4 is 5.32 Å². The van der Waals surface area contributed by atoms with E-state index >= 15 is 0 Å². The molecule has 0 fully saturated rings. The summed E-state index contributed by atoms with van der Waals surface area (Å²) in [4.78, 5) is 13.7. The molecule has 1 N–H and O–H groups in total. The summed E-state index contributed by atoms with van der Waals surface area (Å²) in [6, 6.07) is 6.30. The lowest BCUT2D eigenvalue weighted by molar-refractivity contribution is -0.385. The monoisotopic (exact) mass is 265 g/mol. The van der Waals surface area contributed by atoms with Crippen LogP contribution in [0.15, 0.2) is 36.5 Å². The van der Waals surface area contributed by atoms with Crippen LogP contribution in [-0.4, -0.2) is 9.91 Å². The topological polar surface area (TPSA) is 68.1 Å². The number of halogens is 2. The Balaban J connectivity index is 2.01. The lowest BCUT2D eigenvalue weighted by Crippen LogP contribution is -2.02. The van der Waals surface area contributed by atoms with Crippen molar-refractivity contribution in [3.05, 3.63) is 63.8 Å². The minimum absolute atomic E-state index is 0.113. The molecular formula is C12H9F2N3O2. The number of pyridine rings is 1. The SMILES string of the molecule is O=[N+]([O-])c1ccc(NCc2ccc(F)c(F)c2)nc1. The van der Waals surface area contributed by atoms with E-state index in [9.17, 15) is 18.9 Å². The van der Waals surface area contributed by atoms with Crippen molar-refractivity contribution >= 4 is 11.5 Å². The molecule has 0 spiro atoms. The fourth-order valence-electron chi connectivity index (χ4n) is 1.44. The van der Waals surface area contributed by atoms with Crippen LogP contribution in [-0.2, 0) is 6.54 Å². The molecule has 0 atom stereocenters. The van der Waals surface area contributed by atoms with Crippen LogP contribution in [0.3, 0.4) is 0 Å². The van der Waals surface area contributed by atoms with Gasteiger partial charge in [0.15, 0.2) is 11.6 Å². The highest BCUT2D eigenvalue weighted by molar-refractivity contribution is 5.40. The Morgan fingerprint density at radius 2 is 2.00 bits per heavy atom. The van der Waals surface area contributed by atoms with Crippen molar-refractivity contribution in [3.8, 4) is 0 Å². The Hall–Kier alpha value is -2.57. The van der Waals surface area contributed by atoms with Crippen molar-refractivity contribution in [1.29, 1.82) is 0 Å². The summed E-state index contributed by atoms with van der Waals surface area (Å²) in [5, 5.41) is 13.3. The summed E-state index contributed by atoms with van der Waals surface area (Å²) in [6.45, 7) is 0.238. The van der Waals surface area contributed by atoms with E-state index in [0.717, 1.165) is 18.3 Å². The van der Waals surface area contributed by atoms with E-state index in [1.165, 1.54) is 18.2 Å². The zero-order valence-corrected chi connectivity index (χ0v) is 9.64. The Morgan fingerprint density at radius 1 is 1.21 bits per heavy atom. The van der Waals surface area contributed by atoms with Gasteiger partial charge in [-0.3, -0.25) is 10.1 Å². The molecule has 0 amide bonds. The molecule has 0 unspecified atom stereocenters. The van der Waals surface area contributed by atoms with Gasteiger partial charge in [0, 0.05) is 12.6 Å². The summed E-state index contributed by atoms with van der Waals surface area (Å²) in [7, 11) is 0. The summed E-state index contributed by atoms with van der Waals surface area (Å²) >= 11 is 0. The van der Waals surface area contributed by atoms with Crippen LogP contribution in [0.25, 0.3) is 0 Å². The number of nitrogens with one attached hydrogen (secondary N) is 1. The first-order valence-corrected chi connectivity index (χ1v) is 5.34. The number of nitrogens with zero attached hydrogens (tertiary/aromatic N) is 2. The summed E-state index contributed by atoms with van der Waals surface area (Å²) < 4.78 is 25.7. The Kier molecular flexibility index (Phi) is 3.65. The summed E-state index contributed by atoms with van der Waals surface area (Å²) in [5.74, 6) is -1.41. The van der Waals surface area contributed by atoms with E-state index in [2.05, 4.69) is 10.3 Å². The molecule has 98 valence electrons. The van der Waals surface area contributed by atoms with Gasteiger partial charge >= 0.3 is 0 Å². The number of rotatable bonds is 4. The zero-order valence-electron chi connectivity index (χ0n) is 9.64. The molecule has 2 rings (SSSR count). The molecule has 0 saturated heterocycles. The molecule has 0 aliphatic heterocycles. The van der Waals surface area contributed by atoms with Gasteiger partial charge in [-0.2, -0.15) is 0 Å². The average Bonchev–Trinajstić information content (AvgIpc) is 2.40. The maximum atomic E-state index is 13.0. The summed E-state index contributed by atoms with van der Waals surface area (Å²) in [6.07, 6.45) is 1.12. The second-order valence-corrected chi connectivity index (χ2v) is 3.76. The molecule has 1 heterocycles. The molecule has 19 heavy (non-hydrogen) atoms. The lowest BCUT2D eigenvalue weighted by Gasteiger charge is -2.05. The van der Waals surface area contributed by atoms with Gasteiger partial charge < -0.3 is 5.32 Å². The Labute approximate surface area is 107 Å². The fourth-order valence-corrected chi connectivity index (χ4v) is 1.44. The van der Waals surface area contributed by atoms with E-state index in [1.807, 2.05) is 0 Å². The highest BCUT2D eigenvalue weighted by Crippen LogP contribution is 2.14. The molecule has 1 aromatic carbocycles. The normalized spacial score (nSPS) is 10.2. The first-order valence-electron chi connectivity index (χ1n) is 5.34. The van der Waals surface area contributed by atoms with Crippen molar-refractivity contribution in [3.63, 3.8) is 0 Å². The van der Waals surface area contributed by atoms with Gasteiger partial charge in [0.2, 0.25) is 0 Å². The van der Waals surface area contributed by atoms with Crippen LogP contribution in [0, 0.1) is 21.7 Å². The number of benzene rings is 1. The number of hydrogen-bond acceptors (Lipinski definition) is 4. The molecule has 0 aliphatic carbocycles. The van der Waals surface area contributed by atoms with Crippen LogP contribution in [0.2, 0.25) is 0 Å². The molecule has 2 aromatic rings. The van der Waals surface area contributed by atoms with Gasteiger partial charge in [0.05, 0.1) is 4.92 Å². The predicted octanol–water partition coefficient (Wildman–Crippen LogP) is 2.88. The standard InChI is InChI=1S/C12H9F2N3O2/c13-10-3-1-8(5-11(10)14)6-15-12-4-2-9(7-16-12)17(18)19/h1-5,7H,6H2,(H,15,16). The van der Waals surface area contributed by atoms with Crippen LogP contribution >= 0.6 is 0 Å². The first kappa shape index (κ1) is 12.9. The maximum Gasteiger partial charge on any atom is 0.287 e. The van der Waals surface area contributed by atoms with E-state index in [0.29, 0.717) is 11.4 Å². The number of anilines is 1. The minimum Gasteiger partial charge on any atom is -0.366 e. The third-order valence-electron chi connectivity index (χ3n) is 2.42. The van der Waals surface area contributed by atoms with E-state index in [4.69, 9.17) is 0 Å². The Morgan fingerprint density at radius 3 is 2.58 bits per heavy atom. The predicted molar refractivity (Wildman–Crippen MR) is 64.6 cm³/mol. The molecular weight excluding hydrogens is 256 g/mol. The van der Waals surface area contributed by atoms with Gasteiger partial charge in [-0.25, -0.2) is 13.8 Å². The first-order chi connectivity index (χ1) is 9.06. The van der Waals surface area contributed by atoms with Crippen LogP contribution in [0.4, 0.5) is 20.3 Å². The number of nitro groups is 1. The molecule has 0 saturated carbocycles. The third kappa shape index (κ3) is 3.21. The molecule has 5 nitrogen and oxygen atoms in total. The fraction of sp³-hybridized carbons (Fsp3) is 0.0833. The van der Waals surface area contributed by atoms with Gasteiger partial charge in [-0.05, 0) is 23.8 Å². The average molecular weight is 265 g/mol.